The SMILES string of the molecule is Cc1ccc(C#CCCNC(=O)OCc2ccccc2)cc1N. The Morgan fingerprint density at radius 2 is 2.00 bits per heavy atom. The molecule has 0 atom stereocenters. The maximum Gasteiger partial charge on any atom is 0.407 e. The minimum Gasteiger partial charge on any atom is -0.445 e. The first-order valence-corrected chi connectivity index (χ1v) is 7.44. The zero-order valence-electron chi connectivity index (χ0n) is 13.1. The lowest BCUT2D eigenvalue weighted by molar-refractivity contribution is 0.140. The molecule has 0 heterocycles. The molecule has 1 amide bonds. The number of ether oxygens (including phenoxy) is 1. The van der Waals surface area contributed by atoms with E-state index in [1.165, 1.54) is 0 Å². The lowest BCUT2D eigenvalue weighted by atomic mass is 10.1. The van der Waals surface area contributed by atoms with Crippen LogP contribution in [0.1, 0.15) is 23.1 Å². The molecule has 2 aromatic carbocycles. The van der Waals surface area contributed by atoms with Crippen LogP contribution in [0.3, 0.4) is 0 Å². The number of rotatable bonds is 4. The average molecular weight is 308 g/mol. The van der Waals surface area contributed by atoms with Crippen molar-refractivity contribution in [3.63, 3.8) is 0 Å². The molecule has 23 heavy (non-hydrogen) atoms. The van der Waals surface area contributed by atoms with E-state index in [0.29, 0.717) is 13.0 Å². The lowest BCUT2D eigenvalue weighted by Gasteiger charge is -2.05. The number of anilines is 1. The molecule has 0 bridgehead atoms. The molecular weight excluding hydrogens is 288 g/mol. The van der Waals surface area contributed by atoms with Crippen LogP contribution in [0.4, 0.5) is 10.5 Å². The fourth-order valence-corrected chi connectivity index (χ4v) is 1.88. The maximum atomic E-state index is 11.5. The molecule has 0 aliphatic rings. The number of hydrogen-bond donors (Lipinski definition) is 2. The van der Waals surface area contributed by atoms with Gasteiger partial charge in [0, 0.05) is 24.2 Å². The fraction of sp³-hybridized carbons (Fsp3) is 0.211. The van der Waals surface area contributed by atoms with Crippen molar-refractivity contribution in [2.45, 2.75) is 20.0 Å². The molecule has 0 saturated heterocycles. The molecule has 0 aromatic heterocycles. The highest BCUT2D eigenvalue weighted by molar-refractivity contribution is 5.67. The van der Waals surface area contributed by atoms with E-state index >= 15 is 0 Å². The molecule has 0 radical (unpaired) electrons. The van der Waals surface area contributed by atoms with Gasteiger partial charge in [-0.2, -0.15) is 0 Å². The van der Waals surface area contributed by atoms with Gasteiger partial charge in [0.1, 0.15) is 6.61 Å². The molecule has 2 rings (SSSR count). The number of nitrogens with two attached hydrogens (primary N) is 1. The monoisotopic (exact) mass is 308 g/mol. The Bertz CT molecular complexity index is 715. The molecule has 0 aliphatic heterocycles. The van der Waals surface area contributed by atoms with E-state index in [1.54, 1.807) is 0 Å². The smallest absolute Gasteiger partial charge is 0.407 e. The Morgan fingerprint density at radius 3 is 2.74 bits per heavy atom. The van der Waals surface area contributed by atoms with Crippen LogP contribution in [0.25, 0.3) is 0 Å². The first kappa shape index (κ1) is 16.4. The molecule has 0 aliphatic carbocycles. The fourth-order valence-electron chi connectivity index (χ4n) is 1.88. The van der Waals surface area contributed by atoms with Crippen molar-refractivity contribution in [1.82, 2.24) is 5.32 Å². The second kappa shape index (κ2) is 8.50. The van der Waals surface area contributed by atoms with E-state index in [4.69, 9.17) is 10.5 Å². The van der Waals surface area contributed by atoms with E-state index in [0.717, 1.165) is 22.4 Å². The number of carbonyl (C=O) groups excluding carboxylic acids is 1. The number of nitrogen functional groups attached to an aromatic ring is 1. The molecule has 118 valence electrons. The number of alkyl carbamates (subject to hydrolysis) is 1. The number of hydrogen-bond acceptors (Lipinski definition) is 3. The summed E-state index contributed by atoms with van der Waals surface area (Å²) < 4.78 is 5.11. The van der Waals surface area contributed by atoms with Crippen molar-refractivity contribution >= 4 is 11.8 Å². The van der Waals surface area contributed by atoms with Gasteiger partial charge in [0.05, 0.1) is 0 Å². The average Bonchev–Trinajstić information content (AvgIpc) is 2.57. The summed E-state index contributed by atoms with van der Waals surface area (Å²) in [7, 11) is 0. The van der Waals surface area contributed by atoms with Crippen LogP contribution in [0.2, 0.25) is 0 Å². The summed E-state index contributed by atoms with van der Waals surface area (Å²) in [6.07, 6.45) is 0.115. The predicted octanol–water partition coefficient (Wildman–Crippen LogP) is 3.25. The third-order valence-electron chi connectivity index (χ3n) is 3.24. The Kier molecular flexibility index (Phi) is 6.07. The summed E-state index contributed by atoms with van der Waals surface area (Å²) >= 11 is 0. The summed E-state index contributed by atoms with van der Waals surface area (Å²) in [5.74, 6) is 6.02. The van der Waals surface area contributed by atoms with Crippen LogP contribution in [0.5, 0.6) is 0 Å². The highest BCUT2D eigenvalue weighted by Crippen LogP contribution is 2.11. The van der Waals surface area contributed by atoms with Crippen molar-refractivity contribution in [3.8, 4) is 11.8 Å². The summed E-state index contributed by atoms with van der Waals surface area (Å²) in [4.78, 5) is 11.5. The molecule has 3 N–H and O–H groups in total. The molecule has 4 nitrogen and oxygen atoms in total. The molecule has 0 unspecified atom stereocenters. The number of nitrogens with one attached hydrogen (secondary N) is 1. The Hall–Kier alpha value is -2.93. The van der Waals surface area contributed by atoms with E-state index in [9.17, 15) is 4.79 Å². The topological polar surface area (TPSA) is 64.3 Å². The van der Waals surface area contributed by atoms with E-state index in [1.807, 2.05) is 55.5 Å². The van der Waals surface area contributed by atoms with Crippen LogP contribution < -0.4 is 11.1 Å². The zero-order chi connectivity index (χ0) is 16.5. The van der Waals surface area contributed by atoms with Crippen molar-refractivity contribution in [3.05, 3.63) is 65.2 Å². The second-order valence-corrected chi connectivity index (χ2v) is 5.11. The predicted molar refractivity (Wildman–Crippen MR) is 91.7 cm³/mol. The van der Waals surface area contributed by atoms with Gasteiger partial charge in [-0.05, 0) is 30.2 Å². The summed E-state index contributed by atoms with van der Waals surface area (Å²) in [5.41, 5.74) is 9.44. The molecule has 0 spiro atoms. The van der Waals surface area contributed by atoms with Crippen LogP contribution in [-0.4, -0.2) is 12.6 Å². The van der Waals surface area contributed by atoms with Crippen molar-refractivity contribution < 1.29 is 9.53 Å². The van der Waals surface area contributed by atoms with Gasteiger partial charge in [-0.25, -0.2) is 4.79 Å². The number of aryl methyl sites for hydroxylation is 1. The van der Waals surface area contributed by atoms with E-state index < -0.39 is 6.09 Å². The van der Waals surface area contributed by atoms with Crippen molar-refractivity contribution in [1.29, 1.82) is 0 Å². The van der Waals surface area contributed by atoms with Crippen LogP contribution in [0, 0.1) is 18.8 Å². The summed E-state index contributed by atoms with van der Waals surface area (Å²) in [5, 5.41) is 2.67. The quantitative estimate of drug-likeness (QED) is 0.518. The number of benzene rings is 2. The first-order valence-electron chi connectivity index (χ1n) is 7.44. The largest absolute Gasteiger partial charge is 0.445 e. The normalized spacial score (nSPS) is 9.61. The van der Waals surface area contributed by atoms with E-state index in [2.05, 4.69) is 17.2 Å². The number of amides is 1. The van der Waals surface area contributed by atoms with Gasteiger partial charge in [-0.15, -0.1) is 0 Å². The Balaban J connectivity index is 1.68. The van der Waals surface area contributed by atoms with Gasteiger partial charge in [0.25, 0.3) is 0 Å². The van der Waals surface area contributed by atoms with Crippen molar-refractivity contribution in [2.75, 3.05) is 12.3 Å². The van der Waals surface area contributed by atoms with Gasteiger partial charge >= 0.3 is 6.09 Å². The third-order valence-corrected chi connectivity index (χ3v) is 3.24. The van der Waals surface area contributed by atoms with Gasteiger partial charge in [0.2, 0.25) is 0 Å². The lowest BCUT2D eigenvalue weighted by Crippen LogP contribution is -2.24. The maximum absolute atomic E-state index is 11.5. The third kappa shape index (κ3) is 5.76. The van der Waals surface area contributed by atoms with Crippen molar-refractivity contribution in [2.24, 2.45) is 0 Å². The standard InChI is InChI=1S/C19H20N2O2/c1-15-10-11-16(13-18(15)20)7-5-6-12-21-19(22)23-14-17-8-3-2-4-9-17/h2-4,8-11,13H,6,12,14,20H2,1H3,(H,21,22). The molecular formula is C19H20N2O2. The highest BCUT2D eigenvalue weighted by Gasteiger charge is 2.00. The highest BCUT2D eigenvalue weighted by atomic mass is 16.5. The van der Waals surface area contributed by atoms with Gasteiger partial charge in [0.15, 0.2) is 0 Å². The van der Waals surface area contributed by atoms with E-state index in [-0.39, 0.29) is 6.61 Å². The van der Waals surface area contributed by atoms with Gasteiger partial charge in [-0.3, -0.25) is 0 Å². The Morgan fingerprint density at radius 1 is 1.22 bits per heavy atom. The second-order valence-electron chi connectivity index (χ2n) is 5.11. The van der Waals surface area contributed by atoms with Crippen LogP contribution >= 0.6 is 0 Å². The zero-order valence-corrected chi connectivity index (χ0v) is 13.1. The minimum atomic E-state index is -0.435. The summed E-state index contributed by atoms with van der Waals surface area (Å²) in [6, 6.07) is 15.3. The van der Waals surface area contributed by atoms with Gasteiger partial charge in [-0.1, -0.05) is 48.2 Å². The molecule has 0 saturated carbocycles. The first-order chi connectivity index (χ1) is 11.1. The summed E-state index contributed by atoms with van der Waals surface area (Å²) in [6.45, 7) is 2.67. The molecule has 4 heteroatoms. The number of carbonyl (C=O) groups is 1. The van der Waals surface area contributed by atoms with Crippen LogP contribution in [-0.2, 0) is 11.3 Å². The molecule has 0 fully saturated rings. The van der Waals surface area contributed by atoms with Crippen LogP contribution in [0.15, 0.2) is 48.5 Å². The molecule has 2 aromatic rings. The Labute approximate surface area is 136 Å². The minimum absolute atomic E-state index is 0.265. The van der Waals surface area contributed by atoms with Gasteiger partial charge < -0.3 is 15.8 Å².